The van der Waals surface area contributed by atoms with Gasteiger partial charge in [0.2, 0.25) is 0 Å². The van der Waals surface area contributed by atoms with E-state index in [1.165, 1.54) is 11.3 Å². The highest BCUT2D eigenvalue weighted by molar-refractivity contribution is 7.13. The van der Waals surface area contributed by atoms with Gasteiger partial charge in [0.1, 0.15) is 10.8 Å². The third kappa shape index (κ3) is 2.81. The van der Waals surface area contributed by atoms with Gasteiger partial charge in [-0.05, 0) is 17.7 Å². The molecule has 6 aromatic rings. The fraction of sp³-hybridized carbons (Fsp3) is 0. The molecule has 0 bridgehead atoms. The number of benzene rings is 3. The zero-order valence-corrected chi connectivity index (χ0v) is 17.5. The minimum atomic E-state index is -0.287. The summed E-state index contributed by atoms with van der Waals surface area (Å²) in [4.78, 5) is 25.5. The molecule has 0 fully saturated rings. The lowest BCUT2D eigenvalue weighted by molar-refractivity contribution is 1.12. The maximum Gasteiger partial charge on any atom is 0.261 e. The second kappa shape index (κ2) is 7.14. The standard InChI is InChI=1S/C24H16N6OS/c25-20-15(14-7-4-8-18-17(14)12-27-30-18)11-16(24-26-9-10-32-24)21-19(20)23(31)29-22(28-21)13-5-2-1-3-6-13/h1-12H,25H2,(H,27,30)(H,28,29,31). The van der Waals surface area contributed by atoms with Crippen LogP contribution in [-0.2, 0) is 0 Å². The van der Waals surface area contributed by atoms with E-state index in [1.807, 2.05) is 60.0 Å². The van der Waals surface area contributed by atoms with Crippen molar-refractivity contribution < 1.29 is 0 Å². The average Bonchev–Trinajstić information content (AvgIpc) is 3.52. The molecular formula is C24H16N6OS. The zero-order chi connectivity index (χ0) is 21.7. The first-order valence-corrected chi connectivity index (χ1v) is 10.8. The SMILES string of the molecule is Nc1c(-c2cccc3[nH]ncc23)cc(-c2nccs2)c2nc(-c3ccccc3)[nH]c(=O)c12. The lowest BCUT2D eigenvalue weighted by Gasteiger charge is -2.14. The Labute approximate surface area is 185 Å². The van der Waals surface area contributed by atoms with Gasteiger partial charge in [0.05, 0.1) is 28.3 Å². The molecule has 154 valence electrons. The molecule has 0 saturated carbocycles. The highest BCUT2D eigenvalue weighted by Crippen LogP contribution is 2.40. The van der Waals surface area contributed by atoms with Crippen LogP contribution in [0, 0.1) is 0 Å². The number of nitrogens with one attached hydrogen (secondary N) is 2. The van der Waals surface area contributed by atoms with Crippen LogP contribution in [-0.4, -0.2) is 25.1 Å². The topological polar surface area (TPSA) is 113 Å². The van der Waals surface area contributed by atoms with Gasteiger partial charge < -0.3 is 10.7 Å². The Hall–Kier alpha value is -4.30. The molecule has 0 radical (unpaired) electrons. The fourth-order valence-corrected chi connectivity index (χ4v) is 4.68. The molecule has 0 atom stereocenters. The van der Waals surface area contributed by atoms with Crippen LogP contribution in [0.15, 0.2) is 77.2 Å². The number of anilines is 1. The molecule has 7 nitrogen and oxygen atoms in total. The van der Waals surface area contributed by atoms with Crippen LogP contribution >= 0.6 is 11.3 Å². The first-order valence-electron chi connectivity index (χ1n) is 9.95. The largest absolute Gasteiger partial charge is 0.398 e. The summed E-state index contributed by atoms with van der Waals surface area (Å²) in [7, 11) is 0. The Morgan fingerprint density at radius 3 is 2.66 bits per heavy atom. The van der Waals surface area contributed by atoms with Gasteiger partial charge in [0.15, 0.2) is 0 Å². The summed E-state index contributed by atoms with van der Waals surface area (Å²) in [6.07, 6.45) is 3.50. The van der Waals surface area contributed by atoms with Crippen LogP contribution in [0.2, 0.25) is 0 Å². The van der Waals surface area contributed by atoms with Crippen LogP contribution < -0.4 is 11.3 Å². The number of nitrogen functional groups attached to an aromatic ring is 1. The summed E-state index contributed by atoms with van der Waals surface area (Å²) in [5, 5.41) is 11.1. The number of nitrogens with two attached hydrogens (primary N) is 1. The molecule has 3 aromatic heterocycles. The zero-order valence-electron chi connectivity index (χ0n) is 16.7. The van der Waals surface area contributed by atoms with Crippen molar-refractivity contribution >= 4 is 38.8 Å². The van der Waals surface area contributed by atoms with Gasteiger partial charge >= 0.3 is 0 Å². The van der Waals surface area contributed by atoms with Crippen molar-refractivity contribution in [2.24, 2.45) is 0 Å². The molecular weight excluding hydrogens is 420 g/mol. The number of thiazole rings is 1. The molecule has 32 heavy (non-hydrogen) atoms. The number of fused-ring (bicyclic) bond motifs is 2. The van der Waals surface area contributed by atoms with E-state index >= 15 is 0 Å². The van der Waals surface area contributed by atoms with Gasteiger partial charge in [-0.15, -0.1) is 11.3 Å². The Morgan fingerprint density at radius 1 is 0.969 bits per heavy atom. The lowest BCUT2D eigenvalue weighted by atomic mass is 9.95. The maximum atomic E-state index is 13.3. The summed E-state index contributed by atoms with van der Waals surface area (Å²) < 4.78 is 0. The van der Waals surface area contributed by atoms with Gasteiger partial charge in [0.25, 0.3) is 5.56 Å². The summed E-state index contributed by atoms with van der Waals surface area (Å²) >= 11 is 1.49. The molecule has 3 heterocycles. The minimum Gasteiger partial charge on any atom is -0.398 e. The van der Waals surface area contributed by atoms with Crippen molar-refractivity contribution in [2.75, 3.05) is 5.73 Å². The lowest BCUT2D eigenvalue weighted by Crippen LogP contribution is -2.13. The monoisotopic (exact) mass is 436 g/mol. The van der Waals surface area contributed by atoms with Crippen molar-refractivity contribution in [3.63, 3.8) is 0 Å². The van der Waals surface area contributed by atoms with Crippen molar-refractivity contribution in [3.05, 3.63) is 82.7 Å². The number of hydrogen-bond donors (Lipinski definition) is 3. The smallest absolute Gasteiger partial charge is 0.261 e. The molecule has 0 spiro atoms. The van der Waals surface area contributed by atoms with Crippen molar-refractivity contribution in [3.8, 4) is 33.1 Å². The molecule has 0 saturated heterocycles. The summed E-state index contributed by atoms with van der Waals surface area (Å²) in [5.74, 6) is 0.491. The number of hydrogen-bond acceptors (Lipinski definition) is 6. The highest BCUT2D eigenvalue weighted by atomic mass is 32.1. The van der Waals surface area contributed by atoms with E-state index in [4.69, 9.17) is 10.7 Å². The fourth-order valence-electron chi connectivity index (χ4n) is 4.02. The number of aromatic amines is 2. The van der Waals surface area contributed by atoms with Crippen LogP contribution in [0.1, 0.15) is 0 Å². The second-order valence-electron chi connectivity index (χ2n) is 7.36. The average molecular weight is 437 g/mol. The Balaban J connectivity index is 1.73. The summed E-state index contributed by atoms with van der Waals surface area (Å²) in [5.41, 5.74) is 11.4. The maximum absolute atomic E-state index is 13.3. The minimum absolute atomic E-state index is 0.287. The van der Waals surface area contributed by atoms with Crippen molar-refractivity contribution in [2.45, 2.75) is 0 Å². The molecule has 6 rings (SSSR count). The van der Waals surface area contributed by atoms with Gasteiger partial charge in [0, 0.05) is 33.7 Å². The Bertz CT molecular complexity index is 1650. The van der Waals surface area contributed by atoms with E-state index in [9.17, 15) is 4.79 Å². The molecule has 3 aromatic carbocycles. The second-order valence-corrected chi connectivity index (χ2v) is 8.26. The van der Waals surface area contributed by atoms with Crippen molar-refractivity contribution in [1.29, 1.82) is 0 Å². The first kappa shape index (κ1) is 18.5. The number of H-pyrrole nitrogens is 2. The molecule has 0 aliphatic carbocycles. The van der Waals surface area contributed by atoms with Crippen LogP contribution in [0.4, 0.5) is 5.69 Å². The number of nitrogens with zero attached hydrogens (tertiary/aromatic N) is 3. The first-order chi connectivity index (χ1) is 15.7. The van der Waals surface area contributed by atoms with E-state index in [2.05, 4.69) is 20.2 Å². The van der Waals surface area contributed by atoms with Gasteiger partial charge in [-0.1, -0.05) is 42.5 Å². The quantitative estimate of drug-likeness (QED) is 0.344. The predicted molar refractivity (Wildman–Crippen MR) is 128 cm³/mol. The Morgan fingerprint density at radius 2 is 1.84 bits per heavy atom. The summed E-state index contributed by atoms with van der Waals surface area (Å²) in [6, 6.07) is 17.4. The van der Waals surface area contributed by atoms with Gasteiger partial charge in [-0.25, -0.2) is 9.97 Å². The normalized spacial score (nSPS) is 11.4. The summed E-state index contributed by atoms with van der Waals surface area (Å²) in [6.45, 7) is 0. The predicted octanol–water partition coefficient (Wildman–Crippen LogP) is 4.84. The van der Waals surface area contributed by atoms with E-state index in [1.54, 1.807) is 12.4 Å². The van der Waals surface area contributed by atoms with Crippen LogP contribution in [0.25, 0.3) is 54.9 Å². The Kier molecular flexibility index (Phi) is 4.12. The van der Waals surface area contributed by atoms with E-state index in [-0.39, 0.29) is 5.56 Å². The van der Waals surface area contributed by atoms with Gasteiger partial charge in [-0.3, -0.25) is 9.89 Å². The van der Waals surface area contributed by atoms with Crippen LogP contribution in [0.5, 0.6) is 0 Å². The molecule has 4 N–H and O–H groups in total. The van der Waals surface area contributed by atoms with Crippen molar-refractivity contribution in [1.82, 2.24) is 25.1 Å². The number of rotatable bonds is 3. The van der Waals surface area contributed by atoms with E-state index in [0.717, 1.165) is 38.2 Å². The molecule has 0 unspecified atom stereocenters. The van der Waals surface area contributed by atoms with Crippen LogP contribution in [0.3, 0.4) is 0 Å². The molecule has 0 aliphatic heterocycles. The third-order valence-electron chi connectivity index (χ3n) is 5.51. The molecule has 0 amide bonds. The van der Waals surface area contributed by atoms with E-state index in [0.29, 0.717) is 22.4 Å². The van der Waals surface area contributed by atoms with E-state index < -0.39 is 0 Å². The highest BCUT2D eigenvalue weighted by Gasteiger charge is 2.20. The molecule has 8 heteroatoms. The molecule has 0 aliphatic rings. The number of aromatic nitrogens is 5. The third-order valence-corrected chi connectivity index (χ3v) is 6.31. The van der Waals surface area contributed by atoms with Gasteiger partial charge in [-0.2, -0.15) is 5.10 Å².